The number of rotatable bonds is 7. The Hall–Kier alpha value is -0.810. The Labute approximate surface area is 108 Å². The van der Waals surface area contributed by atoms with Gasteiger partial charge < -0.3 is 14.6 Å². The van der Waals surface area contributed by atoms with Crippen LogP contribution in [0, 0.1) is 0 Å². The third kappa shape index (κ3) is 4.14. The first-order valence-electron chi connectivity index (χ1n) is 6.54. The van der Waals surface area contributed by atoms with E-state index < -0.39 is 11.8 Å². The lowest BCUT2D eigenvalue weighted by molar-refractivity contribution is -0.148. The van der Waals surface area contributed by atoms with Gasteiger partial charge in [0.15, 0.2) is 5.79 Å². The van der Waals surface area contributed by atoms with Crippen molar-refractivity contribution in [2.24, 2.45) is 5.11 Å². The van der Waals surface area contributed by atoms with E-state index in [2.05, 4.69) is 16.9 Å². The van der Waals surface area contributed by atoms with E-state index in [0.717, 1.165) is 25.7 Å². The predicted octanol–water partition coefficient (Wildman–Crippen LogP) is 2.76. The molecule has 0 saturated carbocycles. The lowest BCUT2D eigenvalue weighted by Gasteiger charge is -2.21. The number of unbranched alkanes of at least 4 members (excludes halogenated alkanes) is 2. The van der Waals surface area contributed by atoms with Gasteiger partial charge in [0.2, 0.25) is 0 Å². The lowest BCUT2D eigenvalue weighted by atomic mass is 10.0. The van der Waals surface area contributed by atoms with Crippen molar-refractivity contribution < 1.29 is 14.6 Å². The first-order chi connectivity index (χ1) is 8.54. The molecule has 0 aromatic heterocycles. The SMILES string of the molecule is CCCCC[C@H]1OC(C)(C)O[C@H]1[C@@H](CO)N=[N+]=[N-]. The Morgan fingerprint density at radius 1 is 1.39 bits per heavy atom. The van der Waals surface area contributed by atoms with Gasteiger partial charge in [0.1, 0.15) is 0 Å². The number of aliphatic hydroxyl groups excluding tert-OH is 1. The molecule has 1 aliphatic heterocycles. The zero-order valence-electron chi connectivity index (χ0n) is 11.4. The van der Waals surface area contributed by atoms with E-state index in [-0.39, 0.29) is 18.8 Å². The summed E-state index contributed by atoms with van der Waals surface area (Å²) in [6, 6.07) is -0.580. The van der Waals surface area contributed by atoms with Crippen LogP contribution >= 0.6 is 0 Å². The maximum Gasteiger partial charge on any atom is 0.163 e. The molecule has 0 unspecified atom stereocenters. The summed E-state index contributed by atoms with van der Waals surface area (Å²) in [5.41, 5.74) is 8.51. The molecule has 0 aromatic carbocycles. The van der Waals surface area contributed by atoms with Gasteiger partial charge in [-0.2, -0.15) is 0 Å². The van der Waals surface area contributed by atoms with Crippen LogP contribution in [0.1, 0.15) is 46.5 Å². The van der Waals surface area contributed by atoms with Gasteiger partial charge >= 0.3 is 0 Å². The Morgan fingerprint density at radius 2 is 2.11 bits per heavy atom. The minimum absolute atomic E-state index is 0.116. The molecule has 1 rings (SSSR count). The first-order valence-corrected chi connectivity index (χ1v) is 6.54. The maximum atomic E-state index is 9.28. The van der Waals surface area contributed by atoms with Crippen LogP contribution in [0.4, 0.5) is 0 Å². The molecule has 1 N–H and O–H groups in total. The molecule has 1 aliphatic rings. The number of ether oxygens (including phenoxy) is 2. The number of aliphatic hydroxyl groups is 1. The molecule has 104 valence electrons. The van der Waals surface area contributed by atoms with Crippen LogP contribution in [0.5, 0.6) is 0 Å². The summed E-state index contributed by atoms with van der Waals surface area (Å²) in [7, 11) is 0. The van der Waals surface area contributed by atoms with Crippen LogP contribution in [0.3, 0.4) is 0 Å². The van der Waals surface area contributed by atoms with E-state index in [4.69, 9.17) is 15.0 Å². The molecule has 0 spiro atoms. The van der Waals surface area contributed by atoms with Crippen LogP contribution in [-0.4, -0.2) is 35.8 Å². The van der Waals surface area contributed by atoms with Gasteiger partial charge in [-0.15, -0.1) is 0 Å². The maximum absolute atomic E-state index is 9.28. The minimum Gasteiger partial charge on any atom is -0.396 e. The summed E-state index contributed by atoms with van der Waals surface area (Å²) in [6.07, 6.45) is 3.71. The van der Waals surface area contributed by atoms with Crippen molar-refractivity contribution in [3.8, 4) is 0 Å². The summed E-state index contributed by atoms with van der Waals surface area (Å²) < 4.78 is 11.6. The number of azide groups is 1. The fourth-order valence-corrected chi connectivity index (χ4v) is 2.28. The zero-order valence-corrected chi connectivity index (χ0v) is 11.4. The van der Waals surface area contributed by atoms with Crippen molar-refractivity contribution in [1.82, 2.24) is 0 Å². The molecule has 1 saturated heterocycles. The molecule has 6 nitrogen and oxygen atoms in total. The summed E-state index contributed by atoms with van der Waals surface area (Å²) in [5.74, 6) is -0.681. The number of hydrogen-bond acceptors (Lipinski definition) is 4. The van der Waals surface area contributed by atoms with Crippen LogP contribution in [0.2, 0.25) is 0 Å². The monoisotopic (exact) mass is 257 g/mol. The molecule has 0 aromatic rings. The summed E-state index contributed by atoms with van der Waals surface area (Å²) in [5, 5.41) is 12.9. The van der Waals surface area contributed by atoms with E-state index in [9.17, 15) is 5.11 Å². The first kappa shape index (κ1) is 15.2. The second kappa shape index (κ2) is 6.95. The highest BCUT2D eigenvalue weighted by Gasteiger charge is 2.44. The molecular formula is C12H23N3O3. The molecular weight excluding hydrogens is 234 g/mol. The van der Waals surface area contributed by atoms with Crippen LogP contribution in [0.25, 0.3) is 10.4 Å². The van der Waals surface area contributed by atoms with Crippen LogP contribution in [0.15, 0.2) is 5.11 Å². The van der Waals surface area contributed by atoms with Gasteiger partial charge in [0.05, 0.1) is 24.9 Å². The molecule has 18 heavy (non-hydrogen) atoms. The number of nitrogens with zero attached hydrogens (tertiary/aromatic N) is 3. The van der Waals surface area contributed by atoms with E-state index >= 15 is 0 Å². The van der Waals surface area contributed by atoms with Gasteiger partial charge in [0.25, 0.3) is 0 Å². The largest absolute Gasteiger partial charge is 0.396 e. The molecule has 0 bridgehead atoms. The average molecular weight is 257 g/mol. The standard InChI is InChI=1S/C12H23N3O3/c1-4-5-6-7-10-11(9(8-16)14-15-13)18-12(2,3)17-10/h9-11,16H,4-8H2,1-3H3/t9-,10-,11+/m1/s1. The van der Waals surface area contributed by atoms with Crippen molar-refractivity contribution in [2.45, 2.75) is 70.5 Å². The lowest BCUT2D eigenvalue weighted by Crippen LogP contribution is -2.36. The summed E-state index contributed by atoms with van der Waals surface area (Å²) >= 11 is 0. The van der Waals surface area contributed by atoms with Crippen molar-refractivity contribution in [3.63, 3.8) is 0 Å². The van der Waals surface area contributed by atoms with E-state index in [1.54, 1.807) is 0 Å². The third-order valence-corrected chi connectivity index (χ3v) is 3.08. The highest BCUT2D eigenvalue weighted by molar-refractivity contribution is 4.90. The Bertz CT molecular complexity index is 303. The minimum atomic E-state index is -0.681. The van der Waals surface area contributed by atoms with Crippen molar-refractivity contribution in [2.75, 3.05) is 6.61 Å². The van der Waals surface area contributed by atoms with E-state index in [1.165, 1.54) is 0 Å². The average Bonchev–Trinajstić information content (AvgIpc) is 2.62. The van der Waals surface area contributed by atoms with Gasteiger partial charge in [-0.05, 0) is 25.8 Å². The van der Waals surface area contributed by atoms with Crippen molar-refractivity contribution in [1.29, 1.82) is 0 Å². The third-order valence-electron chi connectivity index (χ3n) is 3.08. The van der Waals surface area contributed by atoms with Crippen LogP contribution in [-0.2, 0) is 9.47 Å². The predicted molar refractivity (Wildman–Crippen MR) is 68.0 cm³/mol. The molecule has 0 aliphatic carbocycles. The van der Waals surface area contributed by atoms with Crippen molar-refractivity contribution in [3.05, 3.63) is 10.4 Å². The van der Waals surface area contributed by atoms with Gasteiger partial charge in [-0.1, -0.05) is 31.3 Å². The highest BCUT2D eigenvalue weighted by atomic mass is 16.8. The number of hydrogen-bond donors (Lipinski definition) is 1. The topological polar surface area (TPSA) is 87.5 Å². The van der Waals surface area contributed by atoms with Crippen LogP contribution < -0.4 is 0 Å². The molecule has 0 radical (unpaired) electrons. The van der Waals surface area contributed by atoms with Gasteiger partial charge in [-0.3, -0.25) is 0 Å². The molecule has 1 fully saturated rings. The molecule has 1 heterocycles. The Balaban J connectivity index is 2.68. The van der Waals surface area contributed by atoms with E-state index in [0.29, 0.717) is 0 Å². The normalized spacial score (nSPS) is 27.8. The smallest absolute Gasteiger partial charge is 0.163 e. The second-order valence-electron chi connectivity index (χ2n) is 5.09. The molecule has 6 heteroatoms. The van der Waals surface area contributed by atoms with Gasteiger partial charge in [0, 0.05) is 4.91 Å². The highest BCUT2D eigenvalue weighted by Crippen LogP contribution is 2.33. The Kier molecular flexibility index (Phi) is 5.88. The molecule has 3 atom stereocenters. The van der Waals surface area contributed by atoms with Crippen molar-refractivity contribution >= 4 is 0 Å². The molecule has 0 amide bonds. The quantitative estimate of drug-likeness (QED) is 0.329. The fourth-order valence-electron chi connectivity index (χ4n) is 2.28. The summed E-state index contributed by atoms with van der Waals surface area (Å²) in [6.45, 7) is 5.59. The summed E-state index contributed by atoms with van der Waals surface area (Å²) in [4.78, 5) is 2.76. The fraction of sp³-hybridized carbons (Fsp3) is 1.00. The van der Waals surface area contributed by atoms with Gasteiger partial charge in [-0.25, -0.2) is 0 Å². The second-order valence-corrected chi connectivity index (χ2v) is 5.09. The Morgan fingerprint density at radius 3 is 2.67 bits per heavy atom. The zero-order chi connectivity index (χ0) is 13.6. The van der Waals surface area contributed by atoms with E-state index in [1.807, 2.05) is 13.8 Å².